The summed E-state index contributed by atoms with van der Waals surface area (Å²) in [4.78, 5) is 34.5. The standard InChI is InChI=1S/C18H22F2N2O6/c1-4-26-14-9-12(5-7-13(14)28-17(19)20)6-8-16(24)27-10-15(23)22-18(25)21-11(2)3/h5-9,11,17H,4,10H2,1-3H3,(H2,21,22,23,25)/b8-6+. The van der Waals surface area contributed by atoms with Gasteiger partial charge in [-0.3, -0.25) is 10.1 Å². The van der Waals surface area contributed by atoms with E-state index in [1.807, 2.05) is 5.32 Å². The molecule has 0 spiro atoms. The lowest BCUT2D eigenvalue weighted by atomic mass is 10.2. The number of urea groups is 1. The molecular formula is C18H22F2N2O6. The van der Waals surface area contributed by atoms with Gasteiger partial charge >= 0.3 is 18.6 Å². The fraction of sp³-hybridized carbons (Fsp3) is 0.389. The van der Waals surface area contributed by atoms with Gasteiger partial charge in [-0.1, -0.05) is 6.07 Å². The van der Waals surface area contributed by atoms with Crippen molar-refractivity contribution < 1.29 is 37.4 Å². The van der Waals surface area contributed by atoms with Crippen LogP contribution in [0.25, 0.3) is 6.08 Å². The van der Waals surface area contributed by atoms with E-state index in [2.05, 4.69) is 10.1 Å². The number of amides is 3. The maximum atomic E-state index is 12.4. The van der Waals surface area contributed by atoms with E-state index in [9.17, 15) is 23.2 Å². The first-order chi connectivity index (χ1) is 13.2. The van der Waals surface area contributed by atoms with Crippen LogP contribution >= 0.6 is 0 Å². The highest BCUT2D eigenvalue weighted by Crippen LogP contribution is 2.30. The molecule has 1 aromatic rings. The van der Waals surface area contributed by atoms with Crippen molar-refractivity contribution in [3.05, 3.63) is 29.8 Å². The molecule has 8 nitrogen and oxygen atoms in total. The number of esters is 1. The summed E-state index contributed by atoms with van der Waals surface area (Å²) in [5, 5.41) is 4.45. The van der Waals surface area contributed by atoms with Gasteiger partial charge in [0, 0.05) is 12.1 Å². The Kier molecular flexibility index (Phi) is 9.41. The van der Waals surface area contributed by atoms with Gasteiger partial charge in [-0.15, -0.1) is 0 Å². The molecule has 0 aliphatic carbocycles. The minimum absolute atomic E-state index is 0.0915. The molecule has 0 saturated heterocycles. The zero-order valence-electron chi connectivity index (χ0n) is 15.7. The van der Waals surface area contributed by atoms with Gasteiger partial charge in [0.25, 0.3) is 5.91 Å². The van der Waals surface area contributed by atoms with Crippen molar-refractivity contribution >= 4 is 24.0 Å². The Labute approximate surface area is 160 Å². The van der Waals surface area contributed by atoms with Crippen LogP contribution in [0, 0.1) is 0 Å². The van der Waals surface area contributed by atoms with Crippen molar-refractivity contribution in [2.24, 2.45) is 0 Å². The summed E-state index contributed by atoms with van der Waals surface area (Å²) >= 11 is 0. The average Bonchev–Trinajstić information content (AvgIpc) is 2.59. The lowest BCUT2D eigenvalue weighted by molar-refractivity contribution is -0.143. The van der Waals surface area contributed by atoms with Crippen molar-refractivity contribution in [3.8, 4) is 11.5 Å². The van der Waals surface area contributed by atoms with E-state index >= 15 is 0 Å². The third-order valence-corrected chi connectivity index (χ3v) is 2.91. The van der Waals surface area contributed by atoms with Gasteiger partial charge in [-0.2, -0.15) is 8.78 Å². The summed E-state index contributed by atoms with van der Waals surface area (Å²) in [6.07, 6.45) is 2.39. The zero-order valence-corrected chi connectivity index (χ0v) is 15.7. The molecule has 1 aromatic carbocycles. The number of hydrogen-bond donors (Lipinski definition) is 2. The minimum Gasteiger partial charge on any atom is -0.490 e. The molecule has 0 aliphatic rings. The van der Waals surface area contributed by atoms with Crippen molar-refractivity contribution in [2.45, 2.75) is 33.4 Å². The first kappa shape index (κ1) is 22.9. The molecule has 0 radical (unpaired) electrons. The first-order valence-electron chi connectivity index (χ1n) is 8.38. The van der Waals surface area contributed by atoms with E-state index < -0.39 is 31.1 Å². The fourth-order valence-electron chi connectivity index (χ4n) is 1.90. The molecule has 0 fully saturated rings. The van der Waals surface area contributed by atoms with Gasteiger partial charge < -0.3 is 19.5 Å². The predicted molar refractivity (Wildman–Crippen MR) is 96.0 cm³/mol. The summed E-state index contributed by atoms with van der Waals surface area (Å²) < 4.78 is 39.0. The minimum atomic E-state index is -3.00. The summed E-state index contributed by atoms with van der Waals surface area (Å²) in [5.74, 6) is -1.65. The number of benzene rings is 1. The van der Waals surface area contributed by atoms with Gasteiger partial charge in [-0.25, -0.2) is 9.59 Å². The maximum absolute atomic E-state index is 12.4. The number of alkyl halides is 2. The van der Waals surface area contributed by atoms with E-state index in [-0.39, 0.29) is 24.1 Å². The normalized spacial score (nSPS) is 10.8. The van der Waals surface area contributed by atoms with Crippen LogP contribution in [-0.2, 0) is 14.3 Å². The Hall–Kier alpha value is -3.17. The number of ether oxygens (including phenoxy) is 3. The van der Waals surface area contributed by atoms with Crippen LogP contribution in [0.4, 0.5) is 13.6 Å². The molecule has 28 heavy (non-hydrogen) atoms. The quantitative estimate of drug-likeness (QED) is 0.488. The van der Waals surface area contributed by atoms with E-state index in [4.69, 9.17) is 9.47 Å². The maximum Gasteiger partial charge on any atom is 0.387 e. The largest absolute Gasteiger partial charge is 0.490 e. The van der Waals surface area contributed by atoms with Crippen LogP contribution in [0.2, 0.25) is 0 Å². The molecule has 0 heterocycles. The van der Waals surface area contributed by atoms with E-state index in [1.165, 1.54) is 24.3 Å². The van der Waals surface area contributed by atoms with Gasteiger partial charge in [0.15, 0.2) is 18.1 Å². The van der Waals surface area contributed by atoms with E-state index in [0.717, 1.165) is 6.08 Å². The van der Waals surface area contributed by atoms with Crippen LogP contribution in [0.1, 0.15) is 26.3 Å². The van der Waals surface area contributed by atoms with Crippen LogP contribution in [0.3, 0.4) is 0 Å². The summed E-state index contributed by atoms with van der Waals surface area (Å²) in [5.41, 5.74) is 0.461. The van der Waals surface area contributed by atoms with Crippen molar-refractivity contribution in [2.75, 3.05) is 13.2 Å². The molecule has 154 valence electrons. The molecule has 0 saturated carbocycles. The summed E-state index contributed by atoms with van der Waals surface area (Å²) in [7, 11) is 0. The number of carbonyl (C=O) groups excluding carboxylic acids is 3. The van der Waals surface area contributed by atoms with Crippen LogP contribution < -0.4 is 20.1 Å². The van der Waals surface area contributed by atoms with Gasteiger partial charge in [0.1, 0.15) is 0 Å². The van der Waals surface area contributed by atoms with Gasteiger partial charge in [-0.05, 0) is 44.5 Å². The predicted octanol–water partition coefficient (Wildman–Crippen LogP) is 2.48. The lowest BCUT2D eigenvalue weighted by Crippen LogP contribution is -2.43. The van der Waals surface area contributed by atoms with Gasteiger partial charge in [0.2, 0.25) is 0 Å². The number of nitrogens with one attached hydrogen (secondary N) is 2. The molecule has 1 rings (SSSR count). The highest BCUT2D eigenvalue weighted by Gasteiger charge is 2.12. The molecule has 10 heteroatoms. The number of rotatable bonds is 9. The summed E-state index contributed by atoms with van der Waals surface area (Å²) in [6, 6.07) is 3.28. The van der Waals surface area contributed by atoms with Crippen molar-refractivity contribution in [3.63, 3.8) is 0 Å². The monoisotopic (exact) mass is 400 g/mol. The van der Waals surface area contributed by atoms with Crippen LogP contribution in [-0.4, -0.2) is 43.8 Å². The van der Waals surface area contributed by atoms with E-state index in [1.54, 1.807) is 20.8 Å². The smallest absolute Gasteiger partial charge is 0.387 e. The molecule has 2 N–H and O–H groups in total. The lowest BCUT2D eigenvalue weighted by Gasteiger charge is -2.11. The molecule has 0 unspecified atom stereocenters. The number of halogens is 2. The third-order valence-electron chi connectivity index (χ3n) is 2.91. The molecule has 0 aliphatic heterocycles. The Bertz CT molecular complexity index is 722. The highest BCUT2D eigenvalue weighted by molar-refractivity contribution is 5.96. The Morgan fingerprint density at radius 2 is 1.89 bits per heavy atom. The number of hydrogen-bond acceptors (Lipinski definition) is 6. The van der Waals surface area contributed by atoms with Crippen molar-refractivity contribution in [1.29, 1.82) is 0 Å². The summed E-state index contributed by atoms with van der Waals surface area (Å²) in [6.45, 7) is 1.72. The Morgan fingerprint density at radius 3 is 2.50 bits per heavy atom. The second-order valence-electron chi connectivity index (χ2n) is 5.64. The van der Waals surface area contributed by atoms with Crippen molar-refractivity contribution in [1.82, 2.24) is 10.6 Å². The number of carbonyl (C=O) groups is 3. The molecular weight excluding hydrogens is 378 g/mol. The molecule has 0 bridgehead atoms. The van der Waals surface area contributed by atoms with Gasteiger partial charge in [0.05, 0.1) is 6.61 Å². The van der Waals surface area contributed by atoms with E-state index in [0.29, 0.717) is 5.56 Å². The van der Waals surface area contributed by atoms with Crippen LogP contribution in [0.5, 0.6) is 11.5 Å². The SMILES string of the molecule is CCOc1cc(/C=C/C(=O)OCC(=O)NC(=O)NC(C)C)ccc1OC(F)F. The second kappa shape index (κ2) is 11.5. The highest BCUT2D eigenvalue weighted by atomic mass is 19.3. The molecule has 3 amide bonds. The third kappa shape index (κ3) is 8.97. The Balaban J connectivity index is 2.60. The molecule has 0 aromatic heterocycles. The first-order valence-corrected chi connectivity index (χ1v) is 8.38. The average molecular weight is 400 g/mol. The zero-order chi connectivity index (χ0) is 21.1. The topological polar surface area (TPSA) is 103 Å². The second-order valence-corrected chi connectivity index (χ2v) is 5.64. The Morgan fingerprint density at radius 1 is 1.18 bits per heavy atom. The molecule has 0 atom stereocenters. The number of imide groups is 1. The van der Waals surface area contributed by atoms with Crippen LogP contribution in [0.15, 0.2) is 24.3 Å². The fourth-order valence-corrected chi connectivity index (χ4v) is 1.90.